The Kier molecular flexibility index (Phi) is 7.08. The van der Waals surface area contributed by atoms with Gasteiger partial charge in [0.2, 0.25) is 0 Å². The number of carbonyl (C=O) groups is 2. The van der Waals surface area contributed by atoms with Gasteiger partial charge >= 0.3 is 12.3 Å². The Balaban J connectivity index is 1.71. The first-order valence-corrected chi connectivity index (χ1v) is 7.83. The maximum Gasteiger partial charge on any atom is 0.573 e. The highest BCUT2D eigenvalue weighted by atomic mass is 19.4. The van der Waals surface area contributed by atoms with Crippen molar-refractivity contribution in [2.24, 2.45) is 0 Å². The van der Waals surface area contributed by atoms with Gasteiger partial charge in [0.15, 0.2) is 13.2 Å². The summed E-state index contributed by atoms with van der Waals surface area (Å²) in [4.78, 5) is 23.3. The summed E-state index contributed by atoms with van der Waals surface area (Å²) < 4.78 is 54.9. The number of rotatable bonds is 8. The number of hydrogen-bond donors (Lipinski definition) is 1. The summed E-state index contributed by atoms with van der Waals surface area (Å²) in [7, 11) is 1.52. The maximum absolute atomic E-state index is 12.1. The molecule has 0 radical (unpaired) electrons. The Morgan fingerprint density at radius 2 is 1.46 bits per heavy atom. The third kappa shape index (κ3) is 7.44. The topological polar surface area (TPSA) is 83.1 Å². The molecule has 0 fully saturated rings. The van der Waals surface area contributed by atoms with Crippen molar-refractivity contribution in [3.05, 3.63) is 48.5 Å². The molecular formula is C18H16F3NO6. The summed E-state index contributed by atoms with van der Waals surface area (Å²) in [6.07, 6.45) is -4.80. The van der Waals surface area contributed by atoms with E-state index in [9.17, 15) is 22.8 Å². The van der Waals surface area contributed by atoms with E-state index in [-0.39, 0.29) is 5.69 Å². The third-order valence-electron chi connectivity index (χ3n) is 3.15. The molecule has 2 aromatic carbocycles. The molecule has 2 rings (SSSR count). The van der Waals surface area contributed by atoms with Crippen LogP contribution >= 0.6 is 0 Å². The largest absolute Gasteiger partial charge is 0.573 e. The van der Waals surface area contributed by atoms with Crippen LogP contribution in [0, 0.1) is 0 Å². The van der Waals surface area contributed by atoms with Crippen LogP contribution in [0.4, 0.5) is 18.9 Å². The lowest BCUT2D eigenvalue weighted by atomic mass is 10.3. The highest BCUT2D eigenvalue weighted by Crippen LogP contribution is 2.24. The molecule has 1 amide bonds. The number of nitrogens with one attached hydrogen (secondary N) is 1. The van der Waals surface area contributed by atoms with Gasteiger partial charge in [0.05, 0.1) is 7.11 Å². The van der Waals surface area contributed by atoms with Gasteiger partial charge < -0.3 is 24.3 Å². The van der Waals surface area contributed by atoms with Crippen molar-refractivity contribution >= 4 is 17.6 Å². The van der Waals surface area contributed by atoms with E-state index >= 15 is 0 Å². The van der Waals surface area contributed by atoms with Crippen LogP contribution in [0.3, 0.4) is 0 Å². The quantitative estimate of drug-likeness (QED) is 0.687. The molecule has 28 heavy (non-hydrogen) atoms. The van der Waals surface area contributed by atoms with Crippen LogP contribution in [0.25, 0.3) is 0 Å². The molecule has 0 aliphatic heterocycles. The second-order valence-electron chi connectivity index (χ2n) is 5.25. The number of alkyl halides is 3. The summed E-state index contributed by atoms with van der Waals surface area (Å²) in [5.74, 6) is -0.803. The van der Waals surface area contributed by atoms with Crippen LogP contribution in [0.5, 0.6) is 17.2 Å². The van der Waals surface area contributed by atoms with Gasteiger partial charge in [0, 0.05) is 5.69 Å². The number of anilines is 1. The lowest BCUT2D eigenvalue weighted by molar-refractivity contribution is -0.274. The van der Waals surface area contributed by atoms with Gasteiger partial charge in [0.25, 0.3) is 5.91 Å². The minimum absolute atomic E-state index is 0.213. The lowest BCUT2D eigenvalue weighted by Crippen LogP contribution is -2.23. The standard InChI is InChI=1S/C18H16F3NO6/c1-25-13-6-8-14(9-7-13)26-11-17(24)27-10-16(23)22-12-2-4-15(5-3-12)28-18(19,20)21/h2-9H,10-11H2,1H3,(H,22,23). The minimum atomic E-state index is -4.80. The molecule has 0 atom stereocenters. The molecule has 0 saturated heterocycles. The van der Waals surface area contributed by atoms with Crippen LogP contribution in [0.1, 0.15) is 0 Å². The number of methoxy groups -OCH3 is 1. The van der Waals surface area contributed by atoms with E-state index in [4.69, 9.17) is 14.2 Å². The Morgan fingerprint density at radius 3 is 2.04 bits per heavy atom. The van der Waals surface area contributed by atoms with Crippen molar-refractivity contribution in [3.8, 4) is 17.2 Å². The van der Waals surface area contributed by atoms with E-state index in [0.29, 0.717) is 11.5 Å². The molecule has 0 aliphatic carbocycles. The van der Waals surface area contributed by atoms with E-state index in [0.717, 1.165) is 12.1 Å². The number of halogens is 3. The Bertz CT molecular complexity index is 790. The predicted molar refractivity (Wildman–Crippen MR) is 91.2 cm³/mol. The fourth-order valence-electron chi connectivity index (χ4n) is 1.94. The van der Waals surface area contributed by atoms with E-state index in [1.54, 1.807) is 24.3 Å². The second-order valence-corrected chi connectivity index (χ2v) is 5.25. The van der Waals surface area contributed by atoms with E-state index in [2.05, 4.69) is 10.1 Å². The fraction of sp³-hybridized carbons (Fsp3) is 0.222. The average Bonchev–Trinajstić information content (AvgIpc) is 2.65. The summed E-state index contributed by atoms with van der Waals surface area (Å²) in [5.41, 5.74) is 0.213. The zero-order chi connectivity index (χ0) is 20.6. The first-order valence-electron chi connectivity index (χ1n) is 7.83. The first kappa shape index (κ1) is 20.9. The van der Waals surface area contributed by atoms with Gasteiger partial charge in [-0.15, -0.1) is 13.2 Å². The molecule has 2 aromatic rings. The van der Waals surface area contributed by atoms with Gasteiger partial charge in [-0.05, 0) is 48.5 Å². The number of esters is 1. The summed E-state index contributed by atoms with van der Waals surface area (Å²) >= 11 is 0. The van der Waals surface area contributed by atoms with Crippen molar-refractivity contribution < 1.29 is 41.7 Å². The monoisotopic (exact) mass is 399 g/mol. The predicted octanol–water partition coefficient (Wildman–Crippen LogP) is 3.15. The van der Waals surface area contributed by atoms with Crippen molar-refractivity contribution in [2.45, 2.75) is 6.36 Å². The van der Waals surface area contributed by atoms with Crippen molar-refractivity contribution in [1.82, 2.24) is 0 Å². The fourth-order valence-corrected chi connectivity index (χ4v) is 1.94. The lowest BCUT2D eigenvalue weighted by Gasteiger charge is -2.10. The summed E-state index contributed by atoms with van der Waals surface area (Å²) in [6, 6.07) is 11.0. The summed E-state index contributed by atoms with van der Waals surface area (Å²) in [6.45, 7) is -0.977. The van der Waals surface area contributed by atoms with Crippen LogP contribution < -0.4 is 19.5 Å². The zero-order valence-electron chi connectivity index (χ0n) is 14.6. The van der Waals surface area contributed by atoms with Crippen LogP contribution in [-0.2, 0) is 14.3 Å². The molecule has 0 spiro atoms. The number of hydrogen-bond acceptors (Lipinski definition) is 6. The molecule has 150 valence electrons. The average molecular weight is 399 g/mol. The number of amides is 1. The second kappa shape index (κ2) is 9.49. The Morgan fingerprint density at radius 1 is 0.893 bits per heavy atom. The van der Waals surface area contributed by atoms with Gasteiger partial charge in [-0.25, -0.2) is 4.79 Å². The first-order chi connectivity index (χ1) is 13.2. The van der Waals surface area contributed by atoms with E-state index in [1.807, 2.05) is 0 Å². The maximum atomic E-state index is 12.1. The molecule has 0 aliphatic rings. The highest BCUT2D eigenvalue weighted by molar-refractivity contribution is 5.92. The van der Waals surface area contributed by atoms with Crippen molar-refractivity contribution in [2.75, 3.05) is 25.6 Å². The van der Waals surface area contributed by atoms with E-state index < -0.39 is 37.2 Å². The van der Waals surface area contributed by atoms with Gasteiger partial charge in [-0.2, -0.15) is 0 Å². The number of benzene rings is 2. The van der Waals surface area contributed by atoms with Gasteiger partial charge in [-0.1, -0.05) is 0 Å². The smallest absolute Gasteiger partial charge is 0.497 e. The van der Waals surface area contributed by atoms with Crippen LogP contribution in [0.15, 0.2) is 48.5 Å². The number of carbonyl (C=O) groups excluding carboxylic acids is 2. The third-order valence-corrected chi connectivity index (χ3v) is 3.15. The zero-order valence-corrected chi connectivity index (χ0v) is 14.6. The van der Waals surface area contributed by atoms with E-state index in [1.165, 1.54) is 19.2 Å². The number of ether oxygens (including phenoxy) is 4. The van der Waals surface area contributed by atoms with Crippen LogP contribution in [0.2, 0.25) is 0 Å². The molecule has 1 N–H and O–H groups in total. The SMILES string of the molecule is COc1ccc(OCC(=O)OCC(=O)Nc2ccc(OC(F)(F)F)cc2)cc1. The molecule has 0 heterocycles. The molecule has 10 heteroatoms. The van der Waals surface area contributed by atoms with Crippen molar-refractivity contribution in [3.63, 3.8) is 0 Å². The molecule has 0 aromatic heterocycles. The van der Waals surface area contributed by atoms with Gasteiger partial charge in [-0.3, -0.25) is 4.79 Å². The minimum Gasteiger partial charge on any atom is -0.497 e. The highest BCUT2D eigenvalue weighted by Gasteiger charge is 2.30. The summed E-state index contributed by atoms with van der Waals surface area (Å²) in [5, 5.41) is 2.37. The molecule has 0 bridgehead atoms. The Hall–Kier alpha value is -3.43. The van der Waals surface area contributed by atoms with Crippen LogP contribution in [-0.4, -0.2) is 38.6 Å². The molecule has 0 unspecified atom stereocenters. The molecule has 0 saturated carbocycles. The van der Waals surface area contributed by atoms with Crippen molar-refractivity contribution in [1.29, 1.82) is 0 Å². The molecule has 7 nitrogen and oxygen atoms in total. The Labute approximate surface area is 158 Å². The normalized spacial score (nSPS) is 10.7. The molecular weight excluding hydrogens is 383 g/mol. The van der Waals surface area contributed by atoms with Gasteiger partial charge in [0.1, 0.15) is 17.2 Å².